The molecule has 5 heteroatoms. The van der Waals surface area contributed by atoms with Gasteiger partial charge in [0, 0.05) is 23.1 Å². The van der Waals surface area contributed by atoms with Crippen LogP contribution in [0.1, 0.15) is 45.1 Å². The molecule has 2 atom stereocenters. The van der Waals surface area contributed by atoms with Gasteiger partial charge in [-0.15, -0.1) is 12.4 Å². The standard InChI is InChI=1S/C17H23ClN2O.ClH/c1-17(2,11-4-3-5-12(18)8-11)16(21)20-15-9-13-6-7-14(10-15)19-13;/h3-5,8,13-15,19H,6-7,9-10H2,1-2H3,(H,20,21);1H. The van der Waals surface area contributed by atoms with Crippen LogP contribution in [0, 0.1) is 0 Å². The molecule has 2 aliphatic heterocycles. The van der Waals surface area contributed by atoms with Gasteiger partial charge in [0.05, 0.1) is 5.41 Å². The fourth-order valence-corrected chi connectivity index (χ4v) is 3.74. The number of rotatable bonds is 3. The van der Waals surface area contributed by atoms with Crippen molar-refractivity contribution in [3.05, 3.63) is 34.9 Å². The summed E-state index contributed by atoms with van der Waals surface area (Å²) in [5.41, 5.74) is 0.402. The summed E-state index contributed by atoms with van der Waals surface area (Å²) in [4.78, 5) is 12.7. The van der Waals surface area contributed by atoms with Crippen LogP contribution in [0.4, 0.5) is 0 Å². The van der Waals surface area contributed by atoms with E-state index in [1.54, 1.807) is 0 Å². The Bertz CT molecular complexity index is 535. The second-order valence-corrected chi connectivity index (χ2v) is 7.35. The lowest BCUT2D eigenvalue weighted by Gasteiger charge is -2.33. The molecule has 0 radical (unpaired) electrons. The first-order valence-corrected chi connectivity index (χ1v) is 8.16. The molecular formula is C17H24Cl2N2O. The summed E-state index contributed by atoms with van der Waals surface area (Å²) >= 11 is 6.05. The summed E-state index contributed by atoms with van der Waals surface area (Å²) in [5.74, 6) is 0.0936. The number of benzene rings is 1. The van der Waals surface area contributed by atoms with Crippen molar-refractivity contribution in [2.75, 3.05) is 0 Å². The van der Waals surface area contributed by atoms with Crippen molar-refractivity contribution >= 4 is 29.9 Å². The number of carbonyl (C=O) groups excluding carboxylic acids is 1. The van der Waals surface area contributed by atoms with Gasteiger partial charge in [0.2, 0.25) is 5.91 Å². The normalized spacial score (nSPS) is 27.1. The van der Waals surface area contributed by atoms with Crippen LogP contribution < -0.4 is 10.6 Å². The topological polar surface area (TPSA) is 41.1 Å². The van der Waals surface area contributed by atoms with E-state index in [1.807, 2.05) is 38.1 Å². The summed E-state index contributed by atoms with van der Waals surface area (Å²) in [5, 5.41) is 7.53. The smallest absolute Gasteiger partial charge is 0.230 e. The van der Waals surface area contributed by atoms with Crippen molar-refractivity contribution in [1.29, 1.82) is 0 Å². The number of halogens is 2. The first-order valence-electron chi connectivity index (χ1n) is 7.78. The van der Waals surface area contributed by atoms with Crippen LogP contribution in [-0.2, 0) is 10.2 Å². The van der Waals surface area contributed by atoms with Gasteiger partial charge in [-0.05, 0) is 57.2 Å². The van der Waals surface area contributed by atoms with Gasteiger partial charge in [0.25, 0.3) is 0 Å². The number of amides is 1. The van der Waals surface area contributed by atoms with Gasteiger partial charge in [0.1, 0.15) is 0 Å². The van der Waals surface area contributed by atoms with Gasteiger partial charge >= 0.3 is 0 Å². The van der Waals surface area contributed by atoms with E-state index >= 15 is 0 Å². The van der Waals surface area contributed by atoms with Crippen LogP contribution >= 0.6 is 24.0 Å². The highest BCUT2D eigenvalue weighted by Crippen LogP contribution is 2.29. The van der Waals surface area contributed by atoms with Crippen LogP contribution in [0.15, 0.2) is 24.3 Å². The third-order valence-electron chi connectivity index (χ3n) is 4.92. The number of fused-ring (bicyclic) bond motifs is 2. The maximum absolute atomic E-state index is 12.7. The zero-order chi connectivity index (χ0) is 15.0. The predicted molar refractivity (Wildman–Crippen MR) is 92.8 cm³/mol. The molecule has 2 fully saturated rings. The summed E-state index contributed by atoms with van der Waals surface area (Å²) in [7, 11) is 0. The molecule has 0 spiro atoms. The molecule has 1 aromatic carbocycles. The van der Waals surface area contributed by atoms with Gasteiger partial charge < -0.3 is 10.6 Å². The van der Waals surface area contributed by atoms with E-state index in [9.17, 15) is 4.79 Å². The van der Waals surface area contributed by atoms with Crippen LogP contribution in [0.3, 0.4) is 0 Å². The van der Waals surface area contributed by atoms with E-state index in [4.69, 9.17) is 11.6 Å². The molecular weight excluding hydrogens is 319 g/mol. The van der Waals surface area contributed by atoms with Crippen molar-refractivity contribution in [3.63, 3.8) is 0 Å². The Balaban J connectivity index is 0.00000176. The summed E-state index contributed by atoms with van der Waals surface area (Å²) in [6.07, 6.45) is 4.59. The molecule has 1 amide bonds. The van der Waals surface area contributed by atoms with Crippen LogP contribution in [0.25, 0.3) is 0 Å². The average Bonchev–Trinajstić information content (AvgIpc) is 2.78. The Morgan fingerprint density at radius 1 is 1.27 bits per heavy atom. The summed E-state index contributed by atoms with van der Waals surface area (Å²) in [6.45, 7) is 3.92. The van der Waals surface area contributed by atoms with E-state index in [1.165, 1.54) is 12.8 Å². The first kappa shape index (κ1) is 17.6. The summed E-state index contributed by atoms with van der Waals surface area (Å²) in [6, 6.07) is 9.06. The maximum Gasteiger partial charge on any atom is 0.230 e. The van der Waals surface area contributed by atoms with E-state index < -0.39 is 5.41 Å². The third-order valence-corrected chi connectivity index (χ3v) is 5.16. The van der Waals surface area contributed by atoms with Crippen molar-refractivity contribution in [1.82, 2.24) is 10.6 Å². The molecule has 22 heavy (non-hydrogen) atoms. The molecule has 2 aliphatic rings. The van der Waals surface area contributed by atoms with Crippen molar-refractivity contribution in [2.45, 2.75) is 63.1 Å². The highest BCUT2D eigenvalue weighted by molar-refractivity contribution is 6.30. The van der Waals surface area contributed by atoms with Crippen LogP contribution in [0.5, 0.6) is 0 Å². The minimum atomic E-state index is -0.561. The molecule has 0 aromatic heterocycles. The molecule has 122 valence electrons. The SMILES string of the molecule is CC(C)(C(=O)NC1CC2CCC(C1)N2)c1cccc(Cl)c1.Cl. The lowest BCUT2D eigenvalue weighted by molar-refractivity contribution is -0.126. The fraction of sp³-hybridized carbons (Fsp3) is 0.588. The average molecular weight is 343 g/mol. The van der Waals surface area contributed by atoms with E-state index in [0.717, 1.165) is 18.4 Å². The Labute approximate surface area is 143 Å². The van der Waals surface area contributed by atoms with Crippen molar-refractivity contribution in [3.8, 4) is 0 Å². The lowest BCUT2D eigenvalue weighted by atomic mass is 9.83. The molecule has 3 nitrogen and oxygen atoms in total. The molecule has 2 N–H and O–H groups in total. The molecule has 2 bridgehead atoms. The minimum absolute atomic E-state index is 0. The van der Waals surface area contributed by atoms with Gasteiger partial charge in [0.15, 0.2) is 0 Å². The second-order valence-electron chi connectivity index (χ2n) is 6.92. The second kappa shape index (κ2) is 6.77. The van der Waals surface area contributed by atoms with Crippen molar-refractivity contribution < 1.29 is 4.79 Å². The number of carbonyl (C=O) groups is 1. The Morgan fingerprint density at radius 3 is 2.50 bits per heavy atom. The molecule has 2 heterocycles. The lowest BCUT2D eigenvalue weighted by Crippen LogP contribution is -2.51. The van der Waals surface area contributed by atoms with E-state index in [-0.39, 0.29) is 18.3 Å². The third kappa shape index (κ3) is 3.58. The highest BCUT2D eigenvalue weighted by atomic mass is 35.5. The van der Waals surface area contributed by atoms with Gasteiger partial charge in [-0.1, -0.05) is 23.7 Å². The Kier molecular flexibility index (Phi) is 5.41. The molecule has 0 aliphatic carbocycles. The van der Waals surface area contributed by atoms with Crippen LogP contribution in [-0.4, -0.2) is 24.0 Å². The van der Waals surface area contributed by atoms with E-state index in [2.05, 4.69) is 10.6 Å². The number of hydrogen-bond acceptors (Lipinski definition) is 2. The monoisotopic (exact) mass is 342 g/mol. The minimum Gasteiger partial charge on any atom is -0.352 e. The zero-order valence-corrected chi connectivity index (χ0v) is 14.6. The zero-order valence-electron chi connectivity index (χ0n) is 13.1. The predicted octanol–water partition coefficient (Wildman–Crippen LogP) is 3.44. The molecule has 0 saturated carbocycles. The highest BCUT2D eigenvalue weighted by Gasteiger charge is 2.37. The number of hydrogen-bond donors (Lipinski definition) is 2. The van der Waals surface area contributed by atoms with Crippen LogP contribution in [0.2, 0.25) is 5.02 Å². The Morgan fingerprint density at radius 2 is 1.91 bits per heavy atom. The fourth-order valence-electron chi connectivity index (χ4n) is 3.55. The largest absolute Gasteiger partial charge is 0.352 e. The Hall–Kier alpha value is -0.770. The number of nitrogens with one attached hydrogen (secondary N) is 2. The van der Waals surface area contributed by atoms with Gasteiger partial charge in [-0.3, -0.25) is 4.79 Å². The molecule has 3 rings (SSSR count). The quantitative estimate of drug-likeness (QED) is 0.883. The van der Waals surface area contributed by atoms with E-state index in [0.29, 0.717) is 23.1 Å². The first-order chi connectivity index (χ1) is 9.95. The molecule has 2 saturated heterocycles. The van der Waals surface area contributed by atoms with Gasteiger partial charge in [-0.25, -0.2) is 0 Å². The van der Waals surface area contributed by atoms with Gasteiger partial charge in [-0.2, -0.15) is 0 Å². The number of piperidine rings is 1. The molecule has 2 unspecified atom stereocenters. The molecule has 1 aromatic rings. The maximum atomic E-state index is 12.7. The summed E-state index contributed by atoms with van der Waals surface area (Å²) < 4.78 is 0. The van der Waals surface area contributed by atoms with Crippen molar-refractivity contribution in [2.24, 2.45) is 0 Å².